The quantitative estimate of drug-likeness (QED) is 0.919. The molecule has 0 aliphatic rings. The Kier molecular flexibility index (Phi) is 3.53. The van der Waals surface area contributed by atoms with Gasteiger partial charge in [-0.2, -0.15) is 0 Å². The van der Waals surface area contributed by atoms with Crippen molar-refractivity contribution in [3.8, 4) is 0 Å². The molecule has 0 fully saturated rings. The number of carbonyl (C=O) groups is 1. The molecule has 0 radical (unpaired) electrons. The molecule has 100 valence electrons. The van der Waals surface area contributed by atoms with E-state index in [1.807, 2.05) is 18.2 Å². The number of pyridine rings is 1. The smallest absolute Gasteiger partial charge is 0.321 e. The van der Waals surface area contributed by atoms with Gasteiger partial charge in [0, 0.05) is 5.39 Å². The number of hydrogen-bond acceptors (Lipinski definition) is 4. The molecule has 6 heteroatoms. The summed E-state index contributed by atoms with van der Waals surface area (Å²) in [6.07, 6.45) is 0. The van der Waals surface area contributed by atoms with Crippen LogP contribution in [0.2, 0.25) is 0 Å². The summed E-state index contributed by atoms with van der Waals surface area (Å²) in [6.45, 7) is 1.17. The van der Waals surface area contributed by atoms with Crippen molar-refractivity contribution in [1.82, 2.24) is 4.98 Å². The second-order valence-corrected chi connectivity index (χ2v) is 6.60. The lowest BCUT2D eigenvalue weighted by molar-refractivity contribution is -0.136. The van der Waals surface area contributed by atoms with Crippen molar-refractivity contribution in [2.45, 2.75) is 17.9 Å². The number of fused-ring (bicyclic) bond motifs is 1. The van der Waals surface area contributed by atoms with E-state index >= 15 is 0 Å². The van der Waals surface area contributed by atoms with E-state index in [2.05, 4.69) is 4.98 Å². The van der Waals surface area contributed by atoms with Crippen LogP contribution in [0, 0.1) is 0 Å². The van der Waals surface area contributed by atoms with Gasteiger partial charge in [0.15, 0.2) is 15.1 Å². The van der Waals surface area contributed by atoms with Gasteiger partial charge < -0.3 is 5.11 Å². The number of benzene rings is 1. The number of aromatic nitrogens is 1. The summed E-state index contributed by atoms with van der Waals surface area (Å²) >= 11 is 0. The van der Waals surface area contributed by atoms with E-state index in [-0.39, 0.29) is 5.75 Å². The van der Waals surface area contributed by atoms with Gasteiger partial charge >= 0.3 is 5.97 Å². The molecule has 0 spiro atoms. The van der Waals surface area contributed by atoms with Gasteiger partial charge in [-0.05, 0) is 19.1 Å². The maximum Gasteiger partial charge on any atom is 0.321 e. The minimum atomic E-state index is -3.74. The van der Waals surface area contributed by atoms with Crippen molar-refractivity contribution in [1.29, 1.82) is 0 Å². The lowest BCUT2D eigenvalue weighted by Crippen LogP contribution is -2.28. The van der Waals surface area contributed by atoms with E-state index in [4.69, 9.17) is 5.11 Å². The molecule has 0 aliphatic heterocycles. The van der Waals surface area contributed by atoms with Crippen LogP contribution in [0.4, 0.5) is 0 Å². The number of rotatable bonds is 4. The first-order valence-electron chi connectivity index (χ1n) is 5.69. The Hall–Kier alpha value is -1.95. The second kappa shape index (κ2) is 4.97. The molecular formula is C13H13NO4S. The summed E-state index contributed by atoms with van der Waals surface area (Å²) < 4.78 is 23.7. The first kappa shape index (κ1) is 13.5. The minimum Gasteiger partial charge on any atom is -0.480 e. The Balaban J connectivity index is 2.34. The molecule has 1 aromatic heterocycles. The molecule has 1 heterocycles. The number of carboxylic acid groups (broad SMARTS) is 1. The Morgan fingerprint density at radius 1 is 1.26 bits per heavy atom. The summed E-state index contributed by atoms with van der Waals surface area (Å²) in [4.78, 5) is 15.0. The van der Waals surface area contributed by atoms with E-state index in [0.717, 1.165) is 5.39 Å². The van der Waals surface area contributed by atoms with E-state index in [0.29, 0.717) is 11.2 Å². The van der Waals surface area contributed by atoms with Crippen molar-refractivity contribution in [3.05, 3.63) is 42.1 Å². The zero-order chi connectivity index (χ0) is 14.0. The van der Waals surface area contributed by atoms with Gasteiger partial charge in [-0.25, -0.2) is 8.42 Å². The first-order chi connectivity index (χ1) is 8.90. The molecule has 1 aromatic carbocycles. The maximum atomic E-state index is 11.9. The van der Waals surface area contributed by atoms with Crippen LogP contribution < -0.4 is 0 Å². The van der Waals surface area contributed by atoms with Crippen LogP contribution in [0.3, 0.4) is 0 Å². The number of hydrogen-bond donors (Lipinski definition) is 1. The summed E-state index contributed by atoms with van der Waals surface area (Å²) in [5, 5.41) is 8.25. The Morgan fingerprint density at radius 3 is 2.63 bits per heavy atom. The molecule has 0 amide bonds. The predicted molar refractivity (Wildman–Crippen MR) is 71.5 cm³/mol. The lowest BCUT2D eigenvalue weighted by Gasteiger charge is -2.08. The van der Waals surface area contributed by atoms with E-state index in [1.165, 1.54) is 6.92 Å². The molecule has 0 bridgehead atoms. The van der Waals surface area contributed by atoms with Gasteiger partial charge in [-0.15, -0.1) is 0 Å². The summed E-state index contributed by atoms with van der Waals surface area (Å²) in [6, 6.07) is 10.7. The summed E-state index contributed by atoms with van der Waals surface area (Å²) in [7, 11) is -3.74. The largest absolute Gasteiger partial charge is 0.480 e. The molecule has 2 rings (SSSR count). The highest BCUT2D eigenvalue weighted by Gasteiger charge is 2.28. The van der Waals surface area contributed by atoms with Gasteiger partial charge in [-0.3, -0.25) is 9.78 Å². The van der Waals surface area contributed by atoms with E-state index in [1.54, 1.807) is 18.2 Å². The van der Waals surface area contributed by atoms with Gasteiger partial charge in [0.05, 0.1) is 17.0 Å². The zero-order valence-electron chi connectivity index (χ0n) is 10.3. The number of para-hydroxylation sites is 1. The average Bonchev–Trinajstić information content (AvgIpc) is 2.37. The number of sulfone groups is 1. The fourth-order valence-corrected chi connectivity index (χ4v) is 2.80. The molecule has 0 unspecified atom stereocenters. The highest BCUT2D eigenvalue weighted by atomic mass is 32.2. The normalized spacial score (nSPS) is 13.3. The fourth-order valence-electron chi connectivity index (χ4n) is 1.67. The standard InChI is InChI=1S/C13H13NO4S/c1-9(13(15)16)19(17,18)8-11-7-6-10-4-2-3-5-12(10)14-11/h2-7,9H,8H2,1H3,(H,15,16)/t9-/m0/s1. The average molecular weight is 279 g/mol. The molecule has 1 atom stereocenters. The first-order valence-corrected chi connectivity index (χ1v) is 7.41. The SMILES string of the molecule is C[C@@H](C(=O)O)S(=O)(=O)Cc1ccc2ccccc2n1. The van der Waals surface area contributed by atoms with Crippen LogP contribution in [0.25, 0.3) is 10.9 Å². The second-order valence-electron chi connectivity index (χ2n) is 4.28. The van der Waals surface area contributed by atoms with Crippen molar-refractivity contribution in [2.75, 3.05) is 0 Å². The lowest BCUT2D eigenvalue weighted by atomic mass is 10.2. The van der Waals surface area contributed by atoms with E-state index < -0.39 is 21.1 Å². The van der Waals surface area contributed by atoms with Gasteiger partial charge in [0.25, 0.3) is 0 Å². The third-order valence-electron chi connectivity index (χ3n) is 2.89. The number of carboxylic acids is 1. The van der Waals surface area contributed by atoms with Crippen LogP contribution in [-0.2, 0) is 20.4 Å². The molecular weight excluding hydrogens is 266 g/mol. The van der Waals surface area contributed by atoms with Crippen LogP contribution in [0.1, 0.15) is 12.6 Å². The van der Waals surface area contributed by atoms with Crippen LogP contribution >= 0.6 is 0 Å². The Bertz CT molecular complexity index is 724. The van der Waals surface area contributed by atoms with Gasteiger partial charge in [0.1, 0.15) is 0 Å². The highest BCUT2D eigenvalue weighted by Crippen LogP contribution is 2.15. The highest BCUT2D eigenvalue weighted by molar-refractivity contribution is 7.91. The van der Waals surface area contributed by atoms with Crippen molar-refractivity contribution in [2.24, 2.45) is 0 Å². The molecule has 1 N–H and O–H groups in total. The van der Waals surface area contributed by atoms with Crippen LogP contribution in [0.15, 0.2) is 36.4 Å². The van der Waals surface area contributed by atoms with E-state index in [9.17, 15) is 13.2 Å². The van der Waals surface area contributed by atoms with Crippen LogP contribution in [0.5, 0.6) is 0 Å². The molecule has 2 aromatic rings. The molecule has 5 nitrogen and oxygen atoms in total. The predicted octanol–water partition coefficient (Wildman–Crippen LogP) is 1.62. The third-order valence-corrected chi connectivity index (χ3v) is 4.87. The Morgan fingerprint density at radius 2 is 1.95 bits per heavy atom. The summed E-state index contributed by atoms with van der Waals surface area (Å²) in [5.74, 6) is -1.72. The van der Waals surface area contributed by atoms with Gasteiger partial charge in [0.2, 0.25) is 0 Å². The topological polar surface area (TPSA) is 84.3 Å². The van der Waals surface area contributed by atoms with Crippen molar-refractivity contribution in [3.63, 3.8) is 0 Å². The molecule has 0 aliphatic carbocycles. The zero-order valence-corrected chi connectivity index (χ0v) is 11.1. The fraction of sp³-hybridized carbons (Fsp3) is 0.231. The minimum absolute atomic E-state index is 0.354. The Labute approximate surface area is 110 Å². The van der Waals surface area contributed by atoms with Crippen molar-refractivity contribution < 1.29 is 18.3 Å². The molecule has 0 saturated carbocycles. The maximum absolute atomic E-state index is 11.9. The van der Waals surface area contributed by atoms with Crippen molar-refractivity contribution >= 4 is 26.7 Å². The summed E-state index contributed by atoms with van der Waals surface area (Å²) in [5.41, 5.74) is 1.05. The van der Waals surface area contributed by atoms with Crippen LogP contribution in [-0.4, -0.2) is 29.7 Å². The molecule has 19 heavy (non-hydrogen) atoms. The third kappa shape index (κ3) is 2.90. The number of aliphatic carboxylic acids is 1. The van der Waals surface area contributed by atoms with Gasteiger partial charge in [-0.1, -0.05) is 24.3 Å². The molecule has 0 saturated heterocycles. The monoisotopic (exact) mass is 279 g/mol. The number of nitrogens with zero attached hydrogens (tertiary/aromatic N) is 1.